The fourth-order valence-corrected chi connectivity index (χ4v) is 2.76. The molecule has 0 aromatic carbocycles. The van der Waals surface area contributed by atoms with Crippen LogP contribution in [0, 0.1) is 0 Å². The van der Waals surface area contributed by atoms with Gasteiger partial charge in [0, 0.05) is 0 Å². The minimum atomic E-state index is -1.35. The van der Waals surface area contributed by atoms with Crippen LogP contribution in [-0.2, 0) is 9.05 Å². The van der Waals surface area contributed by atoms with Crippen LogP contribution in [0.4, 0.5) is 0 Å². The zero-order chi connectivity index (χ0) is 13.6. The van der Waals surface area contributed by atoms with Gasteiger partial charge in [0.1, 0.15) is 8.24 Å². The smallest absolute Gasteiger partial charge is 0.211 e. The van der Waals surface area contributed by atoms with Gasteiger partial charge in [-0.3, -0.25) is 0 Å². The van der Waals surface area contributed by atoms with Crippen molar-refractivity contribution in [2.24, 2.45) is 5.90 Å². The Kier molecular flexibility index (Phi) is 8.30. The Labute approximate surface area is 104 Å². The molecular formula is C9H30N2O2Si3. The van der Waals surface area contributed by atoms with Crippen molar-refractivity contribution in [3.05, 3.63) is 0 Å². The van der Waals surface area contributed by atoms with E-state index in [1.807, 2.05) is 19.6 Å². The molecule has 0 fully saturated rings. The van der Waals surface area contributed by atoms with Crippen LogP contribution in [0.1, 0.15) is 0 Å². The lowest BCUT2D eigenvalue weighted by Gasteiger charge is -2.24. The molecule has 16 heavy (non-hydrogen) atoms. The van der Waals surface area contributed by atoms with Crippen molar-refractivity contribution in [1.29, 1.82) is 0 Å². The molecule has 100 valence electrons. The Morgan fingerprint density at radius 1 is 0.750 bits per heavy atom. The Morgan fingerprint density at radius 2 is 1.06 bits per heavy atom. The molecule has 0 unspecified atom stereocenters. The fraction of sp³-hybridized carbons (Fsp3) is 1.00. The van der Waals surface area contributed by atoms with E-state index in [9.17, 15) is 0 Å². The monoisotopic (exact) mass is 282 g/mol. The minimum Gasteiger partial charge on any atom is -0.353 e. The minimum absolute atomic E-state index is 1.20. The summed E-state index contributed by atoms with van der Waals surface area (Å²) in [6.07, 6.45) is 0. The highest BCUT2D eigenvalue weighted by Gasteiger charge is 2.20. The fourth-order valence-electron chi connectivity index (χ4n) is 0.306. The van der Waals surface area contributed by atoms with Gasteiger partial charge in [0.05, 0.1) is 0 Å². The highest BCUT2D eigenvalue weighted by molar-refractivity contribution is 6.75. The van der Waals surface area contributed by atoms with E-state index in [-0.39, 0.29) is 0 Å². The van der Waals surface area contributed by atoms with E-state index in [1.54, 1.807) is 0 Å². The van der Waals surface area contributed by atoms with Crippen LogP contribution in [0.2, 0.25) is 58.9 Å². The van der Waals surface area contributed by atoms with Crippen LogP contribution >= 0.6 is 0 Å². The zero-order valence-electron chi connectivity index (χ0n) is 12.4. The van der Waals surface area contributed by atoms with E-state index in [0.29, 0.717) is 0 Å². The summed E-state index contributed by atoms with van der Waals surface area (Å²) in [5.74, 6) is 4.87. The Hall–Kier alpha value is 0.491. The van der Waals surface area contributed by atoms with Crippen LogP contribution in [0.3, 0.4) is 0 Å². The third-order valence-corrected chi connectivity index (χ3v) is 3.36. The van der Waals surface area contributed by atoms with E-state index in [0.717, 1.165) is 0 Å². The Morgan fingerprint density at radius 3 is 1.12 bits per heavy atom. The topological polar surface area (TPSA) is 56.5 Å². The molecule has 0 aliphatic carbocycles. The molecule has 0 spiro atoms. The third kappa shape index (κ3) is 24.0. The second-order valence-electron chi connectivity index (χ2n) is 6.80. The van der Waals surface area contributed by atoms with Crippen LogP contribution in [-0.4, -0.2) is 24.9 Å². The molecule has 0 aliphatic heterocycles. The van der Waals surface area contributed by atoms with Gasteiger partial charge in [-0.05, 0) is 39.3 Å². The van der Waals surface area contributed by atoms with E-state index >= 15 is 0 Å². The summed E-state index contributed by atoms with van der Waals surface area (Å²) in [5, 5.41) is 3.16. The van der Waals surface area contributed by atoms with E-state index in [4.69, 9.17) is 10.4 Å². The summed E-state index contributed by atoms with van der Waals surface area (Å²) < 4.78 is 10.1. The predicted octanol–water partition coefficient (Wildman–Crippen LogP) is 2.89. The molecule has 0 aromatic rings. The van der Waals surface area contributed by atoms with Crippen LogP contribution in [0.5, 0.6) is 0 Å². The van der Waals surface area contributed by atoms with Gasteiger partial charge in [0.25, 0.3) is 0 Å². The van der Waals surface area contributed by atoms with Crippen molar-refractivity contribution in [1.82, 2.24) is 5.15 Å². The maximum absolute atomic E-state index is 5.54. The molecular weight excluding hydrogens is 252 g/mol. The summed E-state index contributed by atoms with van der Waals surface area (Å²) in [5.41, 5.74) is 0. The van der Waals surface area contributed by atoms with Crippen LogP contribution < -0.4 is 11.0 Å². The standard InChI is InChI=1S/C6H19NOSi2.C3H11NOSi/c1-9(2,3)7-8-10(4,5)6;1-6(2,3)5-4/h7H,1-6H3;4H2,1-3H3. The number of hydrogen-bond acceptors (Lipinski definition) is 4. The van der Waals surface area contributed by atoms with E-state index in [2.05, 4.69) is 49.0 Å². The highest BCUT2D eigenvalue weighted by atomic mass is 28.4. The molecule has 0 amide bonds. The molecule has 4 nitrogen and oxygen atoms in total. The summed E-state index contributed by atoms with van der Waals surface area (Å²) in [7, 11) is -3.90. The molecule has 0 bridgehead atoms. The average Bonchev–Trinajstić information content (AvgIpc) is 1.98. The van der Waals surface area contributed by atoms with Crippen molar-refractivity contribution in [3.8, 4) is 0 Å². The SMILES string of the molecule is C[Si](C)(C)NO[Si](C)(C)C.C[Si](C)(C)ON. The normalized spacial score (nSPS) is 13.1. The molecule has 0 atom stereocenters. The molecule has 0 saturated carbocycles. The largest absolute Gasteiger partial charge is 0.353 e. The number of nitrogens with two attached hydrogens (primary N) is 1. The van der Waals surface area contributed by atoms with Crippen molar-refractivity contribution in [3.63, 3.8) is 0 Å². The molecule has 3 N–H and O–H groups in total. The van der Waals surface area contributed by atoms with Gasteiger partial charge in [0.2, 0.25) is 16.6 Å². The van der Waals surface area contributed by atoms with Crippen LogP contribution in [0.15, 0.2) is 0 Å². The Balaban J connectivity index is 0. The summed E-state index contributed by atoms with van der Waals surface area (Å²) >= 11 is 0. The lowest BCUT2D eigenvalue weighted by molar-refractivity contribution is 0.257. The average molecular weight is 283 g/mol. The Bertz CT molecular complexity index is 169. The van der Waals surface area contributed by atoms with Gasteiger partial charge in [-0.25, -0.2) is 11.0 Å². The molecule has 0 rings (SSSR count). The van der Waals surface area contributed by atoms with Gasteiger partial charge in [-0.1, -0.05) is 19.6 Å². The van der Waals surface area contributed by atoms with E-state index < -0.39 is 24.9 Å². The van der Waals surface area contributed by atoms with Crippen molar-refractivity contribution in [2.75, 3.05) is 0 Å². The predicted molar refractivity (Wildman–Crippen MR) is 79.5 cm³/mol. The van der Waals surface area contributed by atoms with Gasteiger partial charge in [0.15, 0.2) is 0 Å². The third-order valence-electron chi connectivity index (χ3n) is 1.02. The summed E-state index contributed by atoms with van der Waals surface area (Å²) in [4.78, 5) is 0. The first-order valence-corrected chi connectivity index (χ1v) is 15.9. The number of hydrogen-bond donors (Lipinski definition) is 2. The van der Waals surface area contributed by atoms with Crippen LogP contribution in [0.25, 0.3) is 0 Å². The van der Waals surface area contributed by atoms with Crippen molar-refractivity contribution in [2.45, 2.75) is 58.9 Å². The second kappa shape index (κ2) is 7.04. The first-order valence-electron chi connectivity index (χ1n) is 5.60. The number of rotatable bonds is 4. The van der Waals surface area contributed by atoms with Gasteiger partial charge in [-0.15, -0.1) is 0 Å². The zero-order valence-corrected chi connectivity index (χ0v) is 15.4. The van der Waals surface area contributed by atoms with Gasteiger partial charge >= 0.3 is 0 Å². The molecule has 0 aliphatic rings. The van der Waals surface area contributed by atoms with Gasteiger partial charge < -0.3 is 9.05 Å². The highest BCUT2D eigenvalue weighted by Crippen LogP contribution is 2.03. The van der Waals surface area contributed by atoms with Crippen molar-refractivity contribution < 1.29 is 9.05 Å². The maximum atomic E-state index is 5.54. The lowest BCUT2D eigenvalue weighted by Crippen LogP contribution is -2.47. The number of nitrogens with one attached hydrogen (secondary N) is 1. The van der Waals surface area contributed by atoms with Gasteiger partial charge in [-0.2, -0.15) is 0 Å². The summed E-state index contributed by atoms with van der Waals surface area (Å²) in [6.45, 7) is 19.3. The molecule has 0 saturated heterocycles. The molecule has 0 heterocycles. The van der Waals surface area contributed by atoms with Crippen molar-refractivity contribution >= 4 is 24.9 Å². The second-order valence-corrected chi connectivity index (χ2v) is 20.4. The molecule has 0 aromatic heterocycles. The molecule has 7 heteroatoms. The summed E-state index contributed by atoms with van der Waals surface area (Å²) in [6, 6.07) is 0. The quantitative estimate of drug-likeness (QED) is 0.615. The lowest BCUT2D eigenvalue weighted by atomic mass is 11.8. The first kappa shape index (κ1) is 18.8. The maximum Gasteiger partial charge on any atom is 0.211 e. The van der Waals surface area contributed by atoms with E-state index in [1.165, 1.54) is 0 Å². The first-order chi connectivity index (χ1) is 6.77. The molecule has 0 radical (unpaired) electrons.